The molecule has 0 radical (unpaired) electrons. The highest BCUT2D eigenvalue weighted by Crippen LogP contribution is 2.19. The molecule has 0 saturated carbocycles. The maximum atomic E-state index is 11.0. The molecule has 0 fully saturated rings. The molecule has 0 atom stereocenters. The number of ketones is 2. The summed E-state index contributed by atoms with van der Waals surface area (Å²) in [7, 11) is 0. The third kappa shape index (κ3) is 2.25. The van der Waals surface area contributed by atoms with Gasteiger partial charge in [0.05, 0.1) is 0 Å². The van der Waals surface area contributed by atoms with Gasteiger partial charge in [-0.3, -0.25) is 9.59 Å². The first-order chi connectivity index (χ1) is 6.02. The summed E-state index contributed by atoms with van der Waals surface area (Å²) in [6.45, 7) is 2.99. The van der Waals surface area contributed by atoms with Gasteiger partial charge >= 0.3 is 0 Å². The second-order valence-corrected chi connectivity index (χ2v) is 3.66. The number of carbonyl (C=O) groups is 2. The molecule has 0 aliphatic rings. The number of halogens is 1. The van der Waals surface area contributed by atoms with E-state index in [0.717, 1.165) is 0 Å². The van der Waals surface area contributed by atoms with E-state index in [1.54, 1.807) is 18.2 Å². The second kappa shape index (κ2) is 3.83. The van der Waals surface area contributed by atoms with Crippen molar-refractivity contribution in [2.24, 2.45) is 0 Å². The molecule has 0 N–H and O–H groups in total. The first-order valence-electron chi connectivity index (χ1n) is 3.84. The molecule has 0 amide bonds. The topological polar surface area (TPSA) is 34.1 Å². The molecule has 1 aromatic rings. The Morgan fingerprint density at radius 3 is 2.15 bits per heavy atom. The quantitative estimate of drug-likeness (QED) is 0.746. The molecular weight excluding hydrogens is 232 g/mol. The van der Waals surface area contributed by atoms with Crippen LogP contribution in [-0.4, -0.2) is 11.6 Å². The maximum absolute atomic E-state index is 11.0. The third-order valence-corrected chi connectivity index (χ3v) is 2.41. The first kappa shape index (κ1) is 10.1. The fourth-order valence-corrected chi connectivity index (χ4v) is 1.68. The molecule has 0 bridgehead atoms. The summed E-state index contributed by atoms with van der Waals surface area (Å²) in [4.78, 5) is 22.0. The molecule has 0 aromatic heterocycles. The minimum atomic E-state index is -0.0121. The molecule has 1 aromatic carbocycles. The Balaban J connectivity index is 3.20. The third-order valence-electron chi connectivity index (χ3n) is 1.75. The van der Waals surface area contributed by atoms with E-state index < -0.39 is 0 Å². The second-order valence-electron chi connectivity index (χ2n) is 2.81. The van der Waals surface area contributed by atoms with Crippen molar-refractivity contribution in [3.63, 3.8) is 0 Å². The van der Waals surface area contributed by atoms with Gasteiger partial charge in [-0.05, 0) is 26.0 Å². The zero-order chi connectivity index (χ0) is 10.0. The van der Waals surface area contributed by atoms with Crippen LogP contribution in [0.25, 0.3) is 0 Å². The Morgan fingerprint density at radius 1 is 1.15 bits per heavy atom. The molecule has 0 spiro atoms. The number of hydrogen-bond donors (Lipinski definition) is 0. The van der Waals surface area contributed by atoms with Crippen LogP contribution in [0.3, 0.4) is 0 Å². The van der Waals surface area contributed by atoms with E-state index in [1.165, 1.54) is 13.8 Å². The van der Waals surface area contributed by atoms with Gasteiger partial charge < -0.3 is 0 Å². The Morgan fingerprint density at radius 2 is 1.77 bits per heavy atom. The van der Waals surface area contributed by atoms with Crippen LogP contribution in [0.5, 0.6) is 0 Å². The molecule has 0 unspecified atom stereocenters. The van der Waals surface area contributed by atoms with Gasteiger partial charge in [-0.1, -0.05) is 22.0 Å². The maximum Gasteiger partial charge on any atom is 0.160 e. The molecule has 1 rings (SSSR count). The summed E-state index contributed by atoms with van der Waals surface area (Å²) in [6, 6.07) is 4.98. The first-order valence-corrected chi connectivity index (χ1v) is 4.63. The van der Waals surface area contributed by atoms with Crippen LogP contribution < -0.4 is 0 Å². The van der Waals surface area contributed by atoms with Crippen LogP contribution in [0.4, 0.5) is 0 Å². The van der Waals surface area contributed by atoms with E-state index in [-0.39, 0.29) is 11.6 Å². The average Bonchev–Trinajstić information content (AvgIpc) is 2.03. The van der Waals surface area contributed by atoms with Gasteiger partial charge in [0.15, 0.2) is 11.6 Å². The number of carbonyl (C=O) groups excluding carboxylic acids is 2. The summed E-state index contributed by atoms with van der Waals surface area (Å²) in [5.74, 6) is -0.0159. The number of rotatable bonds is 2. The molecule has 68 valence electrons. The van der Waals surface area contributed by atoms with Crippen molar-refractivity contribution in [2.45, 2.75) is 13.8 Å². The zero-order valence-corrected chi connectivity index (χ0v) is 9.01. The fourth-order valence-electron chi connectivity index (χ4n) is 1.02. The number of hydrogen-bond acceptors (Lipinski definition) is 2. The number of benzene rings is 1. The van der Waals surface area contributed by atoms with Gasteiger partial charge in [0.25, 0.3) is 0 Å². The monoisotopic (exact) mass is 240 g/mol. The molecule has 2 nitrogen and oxygen atoms in total. The Labute approximate surface area is 85.1 Å². The lowest BCUT2D eigenvalue weighted by Crippen LogP contribution is -1.97. The summed E-state index contributed by atoms with van der Waals surface area (Å²) in [6.07, 6.45) is 0. The van der Waals surface area contributed by atoms with Gasteiger partial charge in [-0.25, -0.2) is 0 Å². The fraction of sp³-hybridized carbons (Fsp3) is 0.200. The smallest absolute Gasteiger partial charge is 0.160 e. The van der Waals surface area contributed by atoms with Crippen molar-refractivity contribution >= 4 is 27.5 Å². The largest absolute Gasteiger partial charge is 0.295 e. The lowest BCUT2D eigenvalue weighted by atomic mass is 10.1. The van der Waals surface area contributed by atoms with E-state index >= 15 is 0 Å². The van der Waals surface area contributed by atoms with E-state index in [9.17, 15) is 9.59 Å². The molecule has 0 heterocycles. The molecule has 0 aliphatic heterocycles. The SMILES string of the molecule is CC(=O)c1ccc(C(C)=O)c(Br)c1. The Hall–Kier alpha value is -0.960. The summed E-state index contributed by atoms with van der Waals surface area (Å²) in [5.41, 5.74) is 1.21. The normalized spacial score (nSPS) is 9.77. The highest BCUT2D eigenvalue weighted by molar-refractivity contribution is 9.10. The van der Waals surface area contributed by atoms with Crippen molar-refractivity contribution < 1.29 is 9.59 Å². The van der Waals surface area contributed by atoms with E-state index in [4.69, 9.17) is 0 Å². The van der Waals surface area contributed by atoms with Crippen LogP contribution in [0.15, 0.2) is 22.7 Å². The Bertz CT molecular complexity index is 369. The van der Waals surface area contributed by atoms with Crippen LogP contribution in [-0.2, 0) is 0 Å². The van der Waals surface area contributed by atoms with Crippen molar-refractivity contribution in [3.8, 4) is 0 Å². The standard InChI is InChI=1S/C10H9BrO2/c1-6(12)8-3-4-9(7(2)13)10(11)5-8/h3-5H,1-2H3. The lowest BCUT2D eigenvalue weighted by molar-refractivity contribution is 0.100. The van der Waals surface area contributed by atoms with Gasteiger partial charge in [0.1, 0.15) is 0 Å². The minimum absolute atomic E-state index is 0.00389. The van der Waals surface area contributed by atoms with E-state index in [1.807, 2.05) is 0 Å². The van der Waals surface area contributed by atoms with Gasteiger partial charge in [0.2, 0.25) is 0 Å². The van der Waals surface area contributed by atoms with Crippen LogP contribution in [0.2, 0.25) is 0 Å². The molecule has 0 aliphatic carbocycles. The van der Waals surface area contributed by atoms with Gasteiger partial charge in [0, 0.05) is 15.6 Å². The molecule has 0 saturated heterocycles. The van der Waals surface area contributed by atoms with Crippen LogP contribution in [0.1, 0.15) is 34.6 Å². The van der Waals surface area contributed by atoms with Crippen molar-refractivity contribution in [1.82, 2.24) is 0 Å². The van der Waals surface area contributed by atoms with E-state index in [2.05, 4.69) is 15.9 Å². The molecule has 13 heavy (non-hydrogen) atoms. The van der Waals surface area contributed by atoms with Crippen molar-refractivity contribution in [3.05, 3.63) is 33.8 Å². The van der Waals surface area contributed by atoms with Gasteiger partial charge in [-0.15, -0.1) is 0 Å². The van der Waals surface area contributed by atoms with Crippen LogP contribution >= 0.6 is 15.9 Å². The number of Topliss-reactive ketones (excluding diaryl/α,β-unsaturated/α-hetero) is 2. The zero-order valence-electron chi connectivity index (χ0n) is 7.43. The summed E-state index contributed by atoms with van der Waals surface area (Å²) in [5, 5.41) is 0. The van der Waals surface area contributed by atoms with Crippen molar-refractivity contribution in [1.29, 1.82) is 0 Å². The highest BCUT2D eigenvalue weighted by Gasteiger charge is 2.07. The van der Waals surface area contributed by atoms with Gasteiger partial charge in [-0.2, -0.15) is 0 Å². The minimum Gasteiger partial charge on any atom is -0.295 e. The molecule has 3 heteroatoms. The predicted molar refractivity (Wildman–Crippen MR) is 54.2 cm³/mol. The van der Waals surface area contributed by atoms with Crippen molar-refractivity contribution in [2.75, 3.05) is 0 Å². The summed E-state index contributed by atoms with van der Waals surface area (Å²) >= 11 is 3.24. The highest BCUT2D eigenvalue weighted by atomic mass is 79.9. The van der Waals surface area contributed by atoms with E-state index in [0.29, 0.717) is 15.6 Å². The van der Waals surface area contributed by atoms with Crippen LogP contribution in [0, 0.1) is 0 Å². The lowest BCUT2D eigenvalue weighted by Gasteiger charge is -2.01. The Kier molecular flexibility index (Phi) is 2.98. The predicted octanol–water partition coefficient (Wildman–Crippen LogP) is 2.85. The average molecular weight is 241 g/mol. The summed E-state index contributed by atoms with van der Waals surface area (Å²) < 4.78 is 0.674. The molecular formula is C10H9BrO2.